The first kappa shape index (κ1) is 22.4. The number of nitrogens with zero attached hydrogens (tertiary/aromatic N) is 2. The number of carbonyl (C=O) groups excluding carboxylic acids is 2. The lowest BCUT2D eigenvalue weighted by Gasteiger charge is -2.17. The average molecular weight is 457 g/mol. The van der Waals surface area contributed by atoms with Gasteiger partial charge in [-0.15, -0.1) is 0 Å². The number of hydrogen-bond donors (Lipinski definition) is 3. The minimum absolute atomic E-state index is 0.0253. The lowest BCUT2D eigenvalue weighted by atomic mass is 10.1. The van der Waals surface area contributed by atoms with Crippen molar-refractivity contribution in [2.45, 2.75) is 32.0 Å². The summed E-state index contributed by atoms with van der Waals surface area (Å²) in [6.45, 7) is 1.90. The third kappa shape index (κ3) is 4.84. The van der Waals surface area contributed by atoms with Gasteiger partial charge in [-0.2, -0.15) is 18.3 Å². The minimum atomic E-state index is -4.75. The molecule has 1 saturated carbocycles. The third-order valence-corrected chi connectivity index (χ3v) is 5.50. The van der Waals surface area contributed by atoms with Gasteiger partial charge in [0.1, 0.15) is 5.69 Å². The summed E-state index contributed by atoms with van der Waals surface area (Å²) in [7, 11) is 0. The molecule has 4 N–H and O–H groups in total. The fourth-order valence-electron chi connectivity index (χ4n) is 3.52. The molecule has 1 aromatic heterocycles. The maximum Gasteiger partial charge on any atom is 0.435 e. The Morgan fingerprint density at radius 3 is 2.42 bits per heavy atom. The molecule has 2 aromatic carbocycles. The molecule has 10 heteroatoms. The fourth-order valence-corrected chi connectivity index (χ4v) is 3.52. The number of nitrogens with one attached hydrogen (secondary N) is 2. The van der Waals surface area contributed by atoms with Gasteiger partial charge in [0.25, 0.3) is 11.8 Å². The molecular weight excluding hydrogens is 435 g/mol. The summed E-state index contributed by atoms with van der Waals surface area (Å²) in [4.78, 5) is 25.9. The van der Waals surface area contributed by atoms with Gasteiger partial charge in [0.2, 0.25) is 0 Å². The van der Waals surface area contributed by atoms with E-state index in [-0.39, 0.29) is 34.4 Å². The van der Waals surface area contributed by atoms with Crippen LogP contribution in [0.2, 0.25) is 0 Å². The molecular formula is C23H22F3N5O2. The van der Waals surface area contributed by atoms with Crippen LogP contribution in [-0.2, 0) is 6.18 Å². The Bertz CT molecular complexity index is 1190. The van der Waals surface area contributed by atoms with Crippen molar-refractivity contribution in [2.24, 2.45) is 5.92 Å². The van der Waals surface area contributed by atoms with Crippen LogP contribution in [0.1, 0.15) is 46.3 Å². The maximum absolute atomic E-state index is 13.3. The number of nitrogen functional groups attached to an aromatic ring is 1. The Morgan fingerprint density at radius 2 is 1.79 bits per heavy atom. The van der Waals surface area contributed by atoms with Gasteiger partial charge in [-0.1, -0.05) is 24.3 Å². The van der Waals surface area contributed by atoms with Crippen molar-refractivity contribution in [2.75, 3.05) is 11.1 Å². The number of halogens is 3. The number of hydrogen-bond acceptors (Lipinski definition) is 4. The van der Waals surface area contributed by atoms with Gasteiger partial charge < -0.3 is 16.4 Å². The maximum atomic E-state index is 13.3. The summed E-state index contributed by atoms with van der Waals surface area (Å²) < 4.78 is 40.9. The molecule has 33 heavy (non-hydrogen) atoms. The quantitative estimate of drug-likeness (QED) is 0.482. The first-order valence-corrected chi connectivity index (χ1v) is 10.4. The Labute approximate surface area is 187 Å². The zero-order valence-corrected chi connectivity index (χ0v) is 17.7. The van der Waals surface area contributed by atoms with E-state index >= 15 is 0 Å². The molecule has 3 aromatic rings. The van der Waals surface area contributed by atoms with Gasteiger partial charge in [0.15, 0.2) is 5.69 Å². The molecule has 0 saturated heterocycles. The van der Waals surface area contributed by atoms with E-state index in [1.807, 2.05) is 6.92 Å². The molecule has 2 amide bonds. The highest BCUT2D eigenvalue weighted by atomic mass is 19.4. The molecule has 4 rings (SSSR count). The van der Waals surface area contributed by atoms with E-state index in [0.717, 1.165) is 17.5 Å². The SMILES string of the molecule is CC(NC(=O)c1cccc(N)c1NC(=O)c1cc(C(F)(F)F)nn1-c1ccccc1)C1CC1. The third-order valence-electron chi connectivity index (χ3n) is 5.50. The predicted octanol–water partition coefficient (Wildman–Crippen LogP) is 4.25. The molecule has 1 aliphatic rings. The number of nitrogens with two attached hydrogens (primary N) is 1. The second kappa shape index (κ2) is 8.61. The van der Waals surface area contributed by atoms with Gasteiger partial charge in [0, 0.05) is 12.1 Å². The van der Waals surface area contributed by atoms with Crippen LogP contribution in [-0.4, -0.2) is 27.6 Å². The van der Waals surface area contributed by atoms with Crippen LogP contribution in [0.15, 0.2) is 54.6 Å². The molecule has 0 bridgehead atoms. The van der Waals surface area contributed by atoms with E-state index in [9.17, 15) is 22.8 Å². The van der Waals surface area contributed by atoms with Gasteiger partial charge >= 0.3 is 6.18 Å². The molecule has 0 radical (unpaired) electrons. The number of rotatable bonds is 6. The standard InChI is InChI=1S/C23H22F3N5O2/c1-13(14-10-11-14)28-21(32)16-8-5-9-17(27)20(16)29-22(33)18-12-19(23(24,25)26)30-31(18)15-6-3-2-4-7-15/h2-9,12-14H,10-11,27H2,1H3,(H,28,32)(H,29,33). The lowest BCUT2D eigenvalue weighted by Crippen LogP contribution is -2.34. The lowest BCUT2D eigenvalue weighted by molar-refractivity contribution is -0.141. The van der Waals surface area contributed by atoms with E-state index in [2.05, 4.69) is 15.7 Å². The molecule has 1 fully saturated rings. The van der Waals surface area contributed by atoms with Gasteiger partial charge in [-0.05, 0) is 49.9 Å². The van der Waals surface area contributed by atoms with Crippen LogP contribution in [0.5, 0.6) is 0 Å². The summed E-state index contributed by atoms with van der Waals surface area (Å²) in [5.74, 6) is -0.900. The summed E-state index contributed by atoms with van der Waals surface area (Å²) in [6.07, 6.45) is -2.68. The average Bonchev–Trinajstić information content (AvgIpc) is 3.52. The zero-order chi connectivity index (χ0) is 23.8. The second-order valence-corrected chi connectivity index (χ2v) is 7.98. The summed E-state index contributed by atoms with van der Waals surface area (Å²) in [6, 6.07) is 13.1. The Hall–Kier alpha value is -3.82. The van der Waals surface area contributed by atoms with Crippen LogP contribution in [0.25, 0.3) is 5.69 Å². The predicted molar refractivity (Wildman–Crippen MR) is 117 cm³/mol. The number of benzene rings is 2. The molecule has 172 valence electrons. The van der Waals surface area contributed by atoms with Crippen molar-refractivity contribution in [1.82, 2.24) is 15.1 Å². The van der Waals surface area contributed by atoms with E-state index in [0.29, 0.717) is 12.0 Å². The normalized spacial score (nSPS) is 14.5. The highest BCUT2D eigenvalue weighted by molar-refractivity contribution is 6.11. The Morgan fingerprint density at radius 1 is 1.09 bits per heavy atom. The molecule has 1 heterocycles. The molecule has 1 atom stereocenters. The van der Waals surface area contributed by atoms with Crippen molar-refractivity contribution in [3.63, 3.8) is 0 Å². The number of alkyl halides is 3. The van der Waals surface area contributed by atoms with E-state index in [1.54, 1.807) is 24.3 Å². The van der Waals surface area contributed by atoms with Crippen molar-refractivity contribution in [1.29, 1.82) is 0 Å². The van der Waals surface area contributed by atoms with Crippen LogP contribution in [0.4, 0.5) is 24.5 Å². The highest BCUT2D eigenvalue weighted by Crippen LogP contribution is 2.33. The van der Waals surface area contributed by atoms with E-state index < -0.39 is 23.7 Å². The number of carbonyl (C=O) groups is 2. The van der Waals surface area contributed by atoms with Crippen LogP contribution in [0, 0.1) is 5.92 Å². The monoisotopic (exact) mass is 457 g/mol. The van der Waals surface area contributed by atoms with Crippen LogP contribution >= 0.6 is 0 Å². The number of para-hydroxylation sites is 2. The molecule has 1 unspecified atom stereocenters. The summed E-state index contributed by atoms with van der Waals surface area (Å²) >= 11 is 0. The van der Waals surface area contributed by atoms with Crippen molar-refractivity contribution in [3.05, 3.63) is 71.5 Å². The molecule has 0 aliphatic heterocycles. The smallest absolute Gasteiger partial charge is 0.397 e. The molecule has 1 aliphatic carbocycles. The van der Waals surface area contributed by atoms with Gasteiger partial charge in [-0.3, -0.25) is 9.59 Å². The van der Waals surface area contributed by atoms with E-state index in [4.69, 9.17) is 5.73 Å². The van der Waals surface area contributed by atoms with Crippen LogP contribution in [0.3, 0.4) is 0 Å². The van der Waals surface area contributed by atoms with Crippen molar-refractivity contribution >= 4 is 23.2 Å². The second-order valence-electron chi connectivity index (χ2n) is 7.98. The largest absolute Gasteiger partial charge is 0.435 e. The topological polar surface area (TPSA) is 102 Å². The minimum Gasteiger partial charge on any atom is -0.397 e. The highest BCUT2D eigenvalue weighted by Gasteiger charge is 2.36. The first-order valence-electron chi connectivity index (χ1n) is 10.4. The molecule has 7 nitrogen and oxygen atoms in total. The zero-order valence-electron chi connectivity index (χ0n) is 17.7. The van der Waals surface area contributed by atoms with Crippen molar-refractivity contribution in [3.8, 4) is 5.69 Å². The van der Waals surface area contributed by atoms with Crippen LogP contribution < -0.4 is 16.4 Å². The van der Waals surface area contributed by atoms with Gasteiger partial charge in [-0.25, -0.2) is 4.68 Å². The number of anilines is 2. The van der Waals surface area contributed by atoms with E-state index in [1.165, 1.54) is 24.3 Å². The van der Waals surface area contributed by atoms with Gasteiger partial charge in [0.05, 0.1) is 22.6 Å². The fraction of sp³-hybridized carbons (Fsp3) is 0.261. The number of amides is 2. The van der Waals surface area contributed by atoms with Crippen molar-refractivity contribution < 1.29 is 22.8 Å². The Balaban J connectivity index is 1.68. The summed E-state index contributed by atoms with van der Waals surface area (Å²) in [5, 5.41) is 8.98. The first-order chi connectivity index (χ1) is 15.6. The Kier molecular flexibility index (Phi) is 5.84. The summed E-state index contributed by atoms with van der Waals surface area (Å²) in [5.41, 5.74) is 4.98. The molecule has 0 spiro atoms. The number of aromatic nitrogens is 2.